The van der Waals surface area contributed by atoms with Crippen molar-refractivity contribution in [1.29, 1.82) is 0 Å². The van der Waals surface area contributed by atoms with Gasteiger partial charge in [0, 0.05) is 38.6 Å². The lowest BCUT2D eigenvalue weighted by Gasteiger charge is -2.43. The Morgan fingerprint density at radius 1 is 1.07 bits per heavy atom. The summed E-state index contributed by atoms with van der Waals surface area (Å²) >= 11 is 0. The van der Waals surface area contributed by atoms with Crippen molar-refractivity contribution in [1.82, 2.24) is 15.1 Å². The fraction of sp³-hybridized carbons (Fsp3) is 0.913. The molecule has 4 atom stereocenters. The second kappa shape index (κ2) is 10.3. The number of nitrogens with zero attached hydrogens (tertiary/aromatic N) is 2. The highest BCUT2D eigenvalue weighted by Crippen LogP contribution is 2.34. The van der Waals surface area contributed by atoms with E-state index in [0.29, 0.717) is 36.4 Å². The van der Waals surface area contributed by atoms with E-state index >= 15 is 0 Å². The van der Waals surface area contributed by atoms with Crippen molar-refractivity contribution in [2.24, 2.45) is 23.5 Å². The first-order valence-corrected chi connectivity index (χ1v) is 11.9. The van der Waals surface area contributed by atoms with Crippen LogP contribution in [0.5, 0.6) is 0 Å². The van der Waals surface area contributed by atoms with E-state index < -0.39 is 0 Å². The summed E-state index contributed by atoms with van der Waals surface area (Å²) in [6.45, 7) is 9.39. The maximum atomic E-state index is 13.1. The number of nitrogens with one attached hydrogen (secondary N) is 1. The van der Waals surface area contributed by atoms with Gasteiger partial charge in [-0.1, -0.05) is 20.3 Å². The van der Waals surface area contributed by atoms with Gasteiger partial charge in [-0.25, -0.2) is 0 Å². The summed E-state index contributed by atoms with van der Waals surface area (Å²) in [7, 11) is 0. The van der Waals surface area contributed by atoms with Crippen molar-refractivity contribution in [3.05, 3.63) is 0 Å². The lowest BCUT2D eigenvalue weighted by atomic mass is 9.81. The monoisotopic (exact) mass is 406 g/mol. The number of likely N-dealkylation sites (tertiary alicyclic amines) is 1. The summed E-state index contributed by atoms with van der Waals surface area (Å²) in [5.74, 6) is 1.80. The minimum absolute atomic E-state index is 0.0197. The van der Waals surface area contributed by atoms with Crippen LogP contribution in [-0.4, -0.2) is 65.9 Å². The van der Waals surface area contributed by atoms with Gasteiger partial charge in [-0.2, -0.15) is 0 Å². The fourth-order valence-corrected chi connectivity index (χ4v) is 5.46. The summed E-state index contributed by atoms with van der Waals surface area (Å²) in [5, 5.41) is 3.20. The number of hydrogen-bond acceptors (Lipinski definition) is 4. The van der Waals surface area contributed by atoms with Crippen LogP contribution in [0.15, 0.2) is 0 Å². The number of hydrogen-bond donors (Lipinski definition) is 2. The fourth-order valence-electron chi connectivity index (χ4n) is 5.46. The minimum atomic E-state index is -0.325. The van der Waals surface area contributed by atoms with Gasteiger partial charge < -0.3 is 16.0 Å². The van der Waals surface area contributed by atoms with Crippen LogP contribution in [0.25, 0.3) is 0 Å². The Hall–Kier alpha value is -1.14. The molecule has 3 fully saturated rings. The van der Waals surface area contributed by atoms with Crippen molar-refractivity contribution in [2.75, 3.05) is 26.2 Å². The van der Waals surface area contributed by atoms with E-state index in [0.717, 1.165) is 38.9 Å². The first kappa shape index (κ1) is 22.5. The number of piperidine rings is 1. The Balaban J connectivity index is 1.60. The Bertz CT molecular complexity index is 563. The zero-order valence-electron chi connectivity index (χ0n) is 18.7. The van der Waals surface area contributed by atoms with Gasteiger partial charge in [0.2, 0.25) is 11.8 Å². The van der Waals surface area contributed by atoms with E-state index in [-0.39, 0.29) is 17.9 Å². The number of nitrogens with two attached hydrogens (primary N) is 1. The molecule has 2 aliphatic carbocycles. The molecule has 0 spiro atoms. The molecule has 166 valence electrons. The molecule has 1 saturated heterocycles. The molecule has 6 heteroatoms. The molecule has 0 aromatic rings. The van der Waals surface area contributed by atoms with Crippen molar-refractivity contribution >= 4 is 11.8 Å². The van der Waals surface area contributed by atoms with Gasteiger partial charge in [-0.3, -0.25) is 14.5 Å². The summed E-state index contributed by atoms with van der Waals surface area (Å²) in [6.07, 6.45) is 9.02. The van der Waals surface area contributed by atoms with E-state index in [9.17, 15) is 9.59 Å². The van der Waals surface area contributed by atoms with Gasteiger partial charge in [0.1, 0.15) is 6.04 Å². The first-order chi connectivity index (χ1) is 13.9. The van der Waals surface area contributed by atoms with Gasteiger partial charge in [0.25, 0.3) is 0 Å². The van der Waals surface area contributed by atoms with Crippen LogP contribution in [-0.2, 0) is 9.59 Å². The number of carbonyl (C=O) groups excluding carboxylic acids is 2. The molecule has 0 aromatic carbocycles. The summed E-state index contributed by atoms with van der Waals surface area (Å²) in [4.78, 5) is 29.8. The van der Waals surface area contributed by atoms with Crippen molar-refractivity contribution in [3.63, 3.8) is 0 Å². The Labute approximate surface area is 176 Å². The first-order valence-electron chi connectivity index (χ1n) is 11.9. The number of carbonyl (C=O) groups is 2. The third-order valence-electron chi connectivity index (χ3n) is 7.13. The molecule has 0 aromatic heterocycles. The van der Waals surface area contributed by atoms with Crippen LogP contribution in [0, 0.1) is 17.8 Å². The Kier molecular flexibility index (Phi) is 7.97. The van der Waals surface area contributed by atoms with E-state index in [1.54, 1.807) is 11.8 Å². The number of rotatable bonds is 8. The molecule has 2 saturated carbocycles. The molecular weight excluding hydrogens is 364 g/mol. The van der Waals surface area contributed by atoms with Crippen LogP contribution < -0.4 is 11.1 Å². The Morgan fingerprint density at radius 2 is 1.79 bits per heavy atom. The molecule has 29 heavy (non-hydrogen) atoms. The third kappa shape index (κ3) is 6.17. The predicted molar refractivity (Wildman–Crippen MR) is 116 cm³/mol. The smallest absolute Gasteiger partial charge is 0.242 e. The normalized spacial score (nSPS) is 30.6. The van der Waals surface area contributed by atoms with Crippen molar-refractivity contribution in [2.45, 2.75) is 90.3 Å². The van der Waals surface area contributed by atoms with E-state index in [1.807, 2.05) is 0 Å². The zero-order chi connectivity index (χ0) is 21.0. The standard InChI is InChI=1S/C23H42N4O2/c1-16(2)15-27(20-7-8-20)21-9-10-26(17(3)28)22(12-21)23(29)25-14-19-6-4-5-18(11-19)13-24/h16,18-22H,4-15,24H2,1-3H3,(H,25,29)/t18?,19?,21?,22-/m1/s1. The average molecular weight is 407 g/mol. The minimum Gasteiger partial charge on any atom is -0.354 e. The summed E-state index contributed by atoms with van der Waals surface area (Å²) in [5.41, 5.74) is 5.86. The molecule has 3 unspecified atom stereocenters. The van der Waals surface area contributed by atoms with E-state index in [1.165, 1.54) is 32.1 Å². The van der Waals surface area contributed by atoms with Gasteiger partial charge >= 0.3 is 0 Å². The van der Waals surface area contributed by atoms with E-state index in [2.05, 4.69) is 24.1 Å². The molecule has 2 amide bonds. The largest absolute Gasteiger partial charge is 0.354 e. The molecule has 0 radical (unpaired) electrons. The lowest BCUT2D eigenvalue weighted by Crippen LogP contribution is -2.58. The maximum absolute atomic E-state index is 13.1. The molecule has 3 N–H and O–H groups in total. The van der Waals surface area contributed by atoms with Gasteiger partial charge in [0.15, 0.2) is 0 Å². The maximum Gasteiger partial charge on any atom is 0.242 e. The topological polar surface area (TPSA) is 78.7 Å². The summed E-state index contributed by atoms with van der Waals surface area (Å²) < 4.78 is 0. The zero-order valence-corrected chi connectivity index (χ0v) is 18.7. The lowest BCUT2D eigenvalue weighted by molar-refractivity contribution is -0.142. The molecule has 1 heterocycles. The SMILES string of the molecule is CC(=O)N1CCC(N(CC(C)C)C2CC2)C[C@@H]1C(=O)NCC1CCCC(CN)C1. The van der Waals surface area contributed by atoms with Crippen LogP contribution in [0.1, 0.15) is 72.1 Å². The highest BCUT2D eigenvalue weighted by molar-refractivity contribution is 5.87. The highest BCUT2D eigenvalue weighted by Gasteiger charge is 2.41. The average Bonchev–Trinajstić information content (AvgIpc) is 3.55. The Morgan fingerprint density at radius 3 is 2.41 bits per heavy atom. The third-order valence-corrected chi connectivity index (χ3v) is 7.13. The highest BCUT2D eigenvalue weighted by atomic mass is 16.2. The van der Waals surface area contributed by atoms with Crippen LogP contribution in [0.2, 0.25) is 0 Å². The molecule has 0 bridgehead atoms. The molecular formula is C23H42N4O2. The quantitative estimate of drug-likeness (QED) is 0.649. The second-order valence-electron chi connectivity index (χ2n) is 10.1. The molecule has 6 nitrogen and oxygen atoms in total. The van der Waals surface area contributed by atoms with Gasteiger partial charge in [-0.05, 0) is 69.2 Å². The van der Waals surface area contributed by atoms with Crippen molar-refractivity contribution in [3.8, 4) is 0 Å². The van der Waals surface area contributed by atoms with Gasteiger partial charge in [-0.15, -0.1) is 0 Å². The van der Waals surface area contributed by atoms with Crippen LogP contribution in [0.4, 0.5) is 0 Å². The molecule has 3 aliphatic rings. The van der Waals surface area contributed by atoms with Crippen molar-refractivity contribution < 1.29 is 9.59 Å². The van der Waals surface area contributed by atoms with Crippen LogP contribution in [0.3, 0.4) is 0 Å². The van der Waals surface area contributed by atoms with Crippen LogP contribution >= 0.6 is 0 Å². The molecule has 3 rings (SSSR count). The van der Waals surface area contributed by atoms with E-state index in [4.69, 9.17) is 5.73 Å². The molecule has 1 aliphatic heterocycles. The number of amides is 2. The predicted octanol–water partition coefficient (Wildman–Crippen LogP) is 2.37. The second-order valence-corrected chi connectivity index (χ2v) is 10.1. The van der Waals surface area contributed by atoms with Gasteiger partial charge in [0.05, 0.1) is 0 Å². The summed E-state index contributed by atoms with van der Waals surface area (Å²) in [6, 6.07) is 0.770.